The van der Waals surface area contributed by atoms with Crippen LogP contribution in [0.4, 0.5) is 4.39 Å². The number of hydrogen-bond donors (Lipinski definition) is 1. The van der Waals surface area contributed by atoms with Crippen molar-refractivity contribution in [1.29, 1.82) is 0 Å². The average Bonchev–Trinajstić information content (AvgIpc) is 3.04. The predicted octanol–water partition coefficient (Wildman–Crippen LogP) is 2.34. The molecule has 0 fully saturated rings. The van der Waals surface area contributed by atoms with E-state index in [1.165, 1.54) is 12.1 Å². The molecule has 25 heavy (non-hydrogen) atoms. The summed E-state index contributed by atoms with van der Waals surface area (Å²) in [7, 11) is 0.0795. The molecule has 1 aliphatic rings. The molecular weight excluding hydrogens is 343 g/mol. The fraction of sp³-hybridized carbons (Fsp3) is 0.333. The summed E-state index contributed by atoms with van der Waals surface area (Å²) in [4.78, 5) is 2.13. The number of sulfonamides is 1. The first-order valence-corrected chi connectivity index (χ1v) is 9.52. The summed E-state index contributed by atoms with van der Waals surface area (Å²) in [5.41, 5.74) is 1.75. The minimum absolute atomic E-state index is 0.189. The lowest BCUT2D eigenvalue weighted by Gasteiger charge is -2.25. The molecule has 0 aromatic heterocycles. The predicted molar refractivity (Wildman–Crippen MR) is 93.7 cm³/mol. The molecule has 2 aromatic rings. The van der Waals surface area contributed by atoms with E-state index in [4.69, 9.17) is 4.74 Å². The van der Waals surface area contributed by atoms with Gasteiger partial charge in [0.15, 0.2) is 0 Å². The Labute approximate surface area is 147 Å². The van der Waals surface area contributed by atoms with E-state index in [0.717, 1.165) is 16.9 Å². The van der Waals surface area contributed by atoms with Crippen molar-refractivity contribution in [1.82, 2.24) is 9.62 Å². The molecule has 0 amide bonds. The molecule has 3 rings (SSSR count). The molecule has 0 spiro atoms. The van der Waals surface area contributed by atoms with Crippen molar-refractivity contribution < 1.29 is 17.5 Å². The highest BCUT2D eigenvalue weighted by molar-refractivity contribution is 7.89. The zero-order valence-corrected chi connectivity index (χ0v) is 15.0. The first-order chi connectivity index (χ1) is 11.9. The van der Waals surface area contributed by atoms with Crippen LogP contribution in [0.5, 0.6) is 5.75 Å². The SMILES string of the molecule is CN(C)C(CNS(=O)(=O)c1ccc2c(c1)CCO2)c1ccc(F)cc1. The molecule has 0 bridgehead atoms. The maximum absolute atomic E-state index is 13.1. The Bertz CT molecular complexity index is 851. The Morgan fingerprint density at radius 3 is 2.60 bits per heavy atom. The Kier molecular flexibility index (Phi) is 5.08. The summed E-state index contributed by atoms with van der Waals surface area (Å²) in [6.45, 7) is 0.772. The van der Waals surface area contributed by atoms with E-state index in [1.54, 1.807) is 30.3 Å². The molecule has 5 nitrogen and oxygen atoms in total. The van der Waals surface area contributed by atoms with Crippen LogP contribution in [-0.2, 0) is 16.4 Å². The first kappa shape index (κ1) is 17.8. The second kappa shape index (κ2) is 7.11. The molecule has 0 aliphatic carbocycles. The molecule has 2 aromatic carbocycles. The fourth-order valence-electron chi connectivity index (χ4n) is 2.89. The lowest BCUT2D eigenvalue weighted by molar-refractivity contribution is 0.299. The molecule has 1 aliphatic heterocycles. The van der Waals surface area contributed by atoms with Crippen LogP contribution in [0.25, 0.3) is 0 Å². The van der Waals surface area contributed by atoms with E-state index >= 15 is 0 Å². The lowest BCUT2D eigenvalue weighted by atomic mass is 10.1. The average molecular weight is 364 g/mol. The van der Waals surface area contributed by atoms with Gasteiger partial charge in [-0.1, -0.05) is 12.1 Å². The Balaban J connectivity index is 1.76. The highest BCUT2D eigenvalue weighted by Crippen LogP contribution is 2.27. The molecule has 1 heterocycles. The van der Waals surface area contributed by atoms with Crippen molar-refractivity contribution in [2.45, 2.75) is 17.4 Å². The summed E-state index contributed by atoms with van der Waals surface area (Å²) in [6, 6.07) is 10.8. The molecular formula is C18H21FN2O3S. The van der Waals surface area contributed by atoms with E-state index in [9.17, 15) is 12.8 Å². The molecule has 1 atom stereocenters. The van der Waals surface area contributed by atoms with Gasteiger partial charge in [-0.05, 0) is 55.6 Å². The van der Waals surface area contributed by atoms with Crippen LogP contribution in [0.3, 0.4) is 0 Å². The number of halogens is 1. The molecule has 1 unspecified atom stereocenters. The van der Waals surface area contributed by atoms with Gasteiger partial charge in [0.2, 0.25) is 10.0 Å². The smallest absolute Gasteiger partial charge is 0.240 e. The van der Waals surface area contributed by atoms with Gasteiger partial charge in [0, 0.05) is 19.0 Å². The zero-order chi connectivity index (χ0) is 18.0. The quantitative estimate of drug-likeness (QED) is 0.855. The minimum Gasteiger partial charge on any atom is -0.493 e. The van der Waals surface area contributed by atoms with Crippen molar-refractivity contribution in [3.8, 4) is 5.75 Å². The van der Waals surface area contributed by atoms with Gasteiger partial charge in [-0.15, -0.1) is 0 Å². The highest BCUT2D eigenvalue weighted by Gasteiger charge is 2.22. The van der Waals surface area contributed by atoms with Gasteiger partial charge in [0.05, 0.1) is 11.5 Å². The number of fused-ring (bicyclic) bond motifs is 1. The normalized spacial score (nSPS) is 15.0. The largest absolute Gasteiger partial charge is 0.493 e. The van der Waals surface area contributed by atoms with Crippen LogP contribution in [0, 0.1) is 5.82 Å². The lowest BCUT2D eigenvalue weighted by Crippen LogP contribution is -2.34. The monoisotopic (exact) mass is 364 g/mol. The van der Waals surface area contributed by atoms with E-state index in [-0.39, 0.29) is 23.3 Å². The number of likely N-dealkylation sites (N-methyl/N-ethyl adjacent to an activating group) is 1. The summed E-state index contributed by atoms with van der Waals surface area (Å²) >= 11 is 0. The maximum atomic E-state index is 13.1. The Morgan fingerprint density at radius 1 is 1.20 bits per heavy atom. The number of nitrogens with one attached hydrogen (secondary N) is 1. The molecule has 7 heteroatoms. The van der Waals surface area contributed by atoms with Crippen molar-refractivity contribution >= 4 is 10.0 Å². The summed E-state index contributed by atoms with van der Waals surface area (Å²) in [5, 5.41) is 0. The van der Waals surface area contributed by atoms with E-state index in [2.05, 4.69) is 4.72 Å². The molecule has 0 saturated heterocycles. The number of rotatable bonds is 6. The van der Waals surface area contributed by atoms with Crippen LogP contribution in [-0.4, -0.2) is 40.6 Å². The molecule has 0 saturated carbocycles. The number of ether oxygens (including phenoxy) is 1. The third-order valence-corrected chi connectivity index (χ3v) is 5.74. The number of benzene rings is 2. The topological polar surface area (TPSA) is 58.6 Å². The van der Waals surface area contributed by atoms with Gasteiger partial charge in [-0.2, -0.15) is 0 Å². The second-order valence-electron chi connectivity index (χ2n) is 6.25. The summed E-state index contributed by atoms with van der Waals surface area (Å²) < 4.78 is 46.4. The van der Waals surface area contributed by atoms with Gasteiger partial charge in [0.1, 0.15) is 11.6 Å². The van der Waals surface area contributed by atoms with Crippen LogP contribution in [0.2, 0.25) is 0 Å². The van der Waals surface area contributed by atoms with Crippen molar-refractivity contribution in [2.24, 2.45) is 0 Å². The number of hydrogen-bond acceptors (Lipinski definition) is 4. The van der Waals surface area contributed by atoms with Gasteiger partial charge >= 0.3 is 0 Å². The summed E-state index contributed by atoms with van der Waals surface area (Å²) in [6.07, 6.45) is 0.717. The first-order valence-electron chi connectivity index (χ1n) is 8.04. The fourth-order valence-corrected chi connectivity index (χ4v) is 3.97. The van der Waals surface area contributed by atoms with Gasteiger partial charge < -0.3 is 9.64 Å². The third kappa shape index (κ3) is 4.00. The van der Waals surface area contributed by atoms with Gasteiger partial charge in [-0.3, -0.25) is 0 Å². The van der Waals surface area contributed by atoms with E-state index in [1.807, 2.05) is 19.0 Å². The van der Waals surface area contributed by atoms with E-state index in [0.29, 0.717) is 13.0 Å². The molecule has 0 radical (unpaired) electrons. The zero-order valence-electron chi connectivity index (χ0n) is 14.2. The maximum Gasteiger partial charge on any atom is 0.240 e. The van der Waals surface area contributed by atoms with Crippen LogP contribution >= 0.6 is 0 Å². The highest BCUT2D eigenvalue weighted by atomic mass is 32.2. The van der Waals surface area contributed by atoms with Crippen LogP contribution < -0.4 is 9.46 Å². The van der Waals surface area contributed by atoms with Gasteiger partial charge in [0.25, 0.3) is 0 Å². The summed E-state index contributed by atoms with van der Waals surface area (Å²) in [5.74, 6) is 0.429. The second-order valence-corrected chi connectivity index (χ2v) is 8.02. The van der Waals surface area contributed by atoms with Crippen molar-refractivity contribution in [2.75, 3.05) is 27.2 Å². The number of nitrogens with zero attached hydrogens (tertiary/aromatic N) is 1. The Hall–Kier alpha value is -1.96. The standard InChI is InChI=1S/C18H21FN2O3S/c1-21(2)17(13-3-5-15(19)6-4-13)12-20-25(22,23)16-7-8-18-14(11-16)9-10-24-18/h3-8,11,17,20H,9-10,12H2,1-2H3. The Morgan fingerprint density at radius 2 is 1.92 bits per heavy atom. The van der Waals surface area contributed by atoms with Crippen LogP contribution in [0.15, 0.2) is 47.4 Å². The minimum atomic E-state index is -3.63. The third-order valence-electron chi connectivity index (χ3n) is 4.32. The van der Waals surface area contributed by atoms with Crippen LogP contribution in [0.1, 0.15) is 17.2 Å². The molecule has 1 N–H and O–H groups in total. The van der Waals surface area contributed by atoms with Gasteiger partial charge in [-0.25, -0.2) is 17.5 Å². The van der Waals surface area contributed by atoms with Crippen molar-refractivity contribution in [3.63, 3.8) is 0 Å². The molecule has 134 valence electrons. The van der Waals surface area contributed by atoms with Crippen molar-refractivity contribution in [3.05, 3.63) is 59.4 Å². The van der Waals surface area contributed by atoms with E-state index < -0.39 is 10.0 Å².